The highest BCUT2D eigenvalue weighted by Gasteiger charge is 2.16. The van der Waals surface area contributed by atoms with Gasteiger partial charge in [0.2, 0.25) is 5.16 Å². The Kier molecular flexibility index (Phi) is 8.34. The maximum absolute atomic E-state index is 11.5. The van der Waals surface area contributed by atoms with Crippen LogP contribution in [0.5, 0.6) is 5.75 Å². The van der Waals surface area contributed by atoms with Crippen LogP contribution in [0, 0.1) is 0 Å². The van der Waals surface area contributed by atoms with Gasteiger partial charge in [-0.25, -0.2) is 9.78 Å². The first-order valence-corrected chi connectivity index (χ1v) is 13.9. The zero-order chi connectivity index (χ0) is 27.2. The van der Waals surface area contributed by atoms with Crippen molar-refractivity contribution in [3.63, 3.8) is 0 Å². The molecule has 39 heavy (non-hydrogen) atoms. The number of fused-ring (bicyclic) bond motifs is 1. The Morgan fingerprint density at radius 2 is 1.49 bits per heavy atom. The van der Waals surface area contributed by atoms with E-state index in [1.165, 1.54) is 29.0 Å². The number of aryl methyl sites for hydroxylation is 2. The van der Waals surface area contributed by atoms with E-state index in [9.17, 15) is 9.90 Å². The van der Waals surface area contributed by atoms with E-state index in [2.05, 4.69) is 72.6 Å². The van der Waals surface area contributed by atoms with Crippen molar-refractivity contribution in [3.8, 4) is 28.3 Å². The second kappa shape index (κ2) is 12.2. The maximum atomic E-state index is 11.5. The number of hydrogen-bond donors (Lipinski definition) is 1. The third kappa shape index (κ3) is 6.53. The van der Waals surface area contributed by atoms with Crippen LogP contribution in [0.4, 0.5) is 0 Å². The molecule has 8 heteroatoms. The lowest BCUT2D eigenvalue weighted by atomic mass is 10.0. The molecule has 3 aromatic carbocycles. The zero-order valence-corrected chi connectivity index (χ0v) is 22.6. The maximum Gasteiger partial charge on any atom is 0.336 e. The van der Waals surface area contributed by atoms with Gasteiger partial charge in [0.15, 0.2) is 0 Å². The molecule has 198 valence electrons. The number of aliphatic hydroxyl groups excluding tert-OH is 1. The Labute approximate surface area is 230 Å². The van der Waals surface area contributed by atoms with Gasteiger partial charge in [-0.2, -0.15) is 0 Å². The van der Waals surface area contributed by atoms with Gasteiger partial charge < -0.3 is 14.3 Å². The van der Waals surface area contributed by atoms with Gasteiger partial charge in [0.25, 0.3) is 0 Å². The number of hydrogen-bond acceptors (Lipinski definition) is 8. The predicted octanol–water partition coefficient (Wildman–Crippen LogP) is 5.97. The van der Waals surface area contributed by atoms with Gasteiger partial charge in [-0.05, 0) is 42.2 Å². The van der Waals surface area contributed by atoms with Gasteiger partial charge in [-0.15, -0.1) is 10.2 Å². The zero-order valence-electron chi connectivity index (χ0n) is 21.8. The average Bonchev–Trinajstić information content (AvgIpc) is 2.98. The van der Waals surface area contributed by atoms with Crippen molar-refractivity contribution in [2.45, 2.75) is 37.9 Å². The first kappa shape index (κ1) is 26.6. The highest BCUT2D eigenvalue weighted by molar-refractivity contribution is 7.99. The van der Waals surface area contributed by atoms with Gasteiger partial charge in [0.05, 0.1) is 6.10 Å². The molecular weight excluding hydrogens is 510 g/mol. The molecule has 0 amide bonds. The van der Waals surface area contributed by atoms with Crippen molar-refractivity contribution in [3.05, 3.63) is 100 Å². The number of thioether (sulfide) groups is 1. The van der Waals surface area contributed by atoms with Gasteiger partial charge in [-0.1, -0.05) is 74.1 Å². The van der Waals surface area contributed by atoms with Crippen LogP contribution >= 0.6 is 11.8 Å². The van der Waals surface area contributed by atoms with E-state index in [0.29, 0.717) is 22.2 Å². The van der Waals surface area contributed by atoms with Gasteiger partial charge in [0.1, 0.15) is 29.3 Å². The normalized spacial score (nSPS) is 12.0. The van der Waals surface area contributed by atoms with Crippen LogP contribution in [0.15, 0.2) is 93.2 Å². The van der Waals surface area contributed by atoms with Crippen LogP contribution < -0.4 is 10.4 Å². The van der Waals surface area contributed by atoms with E-state index in [4.69, 9.17) is 14.1 Å². The molecule has 0 spiro atoms. The summed E-state index contributed by atoms with van der Waals surface area (Å²) in [6, 6.07) is 24.9. The highest BCUT2D eigenvalue weighted by atomic mass is 32.2. The van der Waals surface area contributed by atoms with Gasteiger partial charge in [-0.3, -0.25) is 0 Å². The second-order valence-electron chi connectivity index (χ2n) is 9.12. The smallest absolute Gasteiger partial charge is 0.336 e. The van der Waals surface area contributed by atoms with Crippen molar-refractivity contribution in [2.75, 3.05) is 12.4 Å². The summed E-state index contributed by atoms with van der Waals surface area (Å²) in [5.41, 5.74) is 5.91. The molecule has 1 unspecified atom stereocenters. The number of ether oxygens (including phenoxy) is 1. The Balaban J connectivity index is 1.30. The first-order valence-electron chi connectivity index (χ1n) is 12.9. The molecule has 0 fully saturated rings. The summed E-state index contributed by atoms with van der Waals surface area (Å²) in [4.78, 5) is 16.3. The predicted molar refractivity (Wildman–Crippen MR) is 154 cm³/mol. The van der Waals surface area contributed by atoms with Crippen molar-refractivity contribution in [2.24, 2.45) is 0 Å². The van der Waals surface area contributed by atoms with Crippen LogP contribution in [0.3, 0.4) is 0 Å². The molecule has 0 bridgehead atoms. The largest absolute Gasteiger partial charge is 0.491 e. The fraction of sp³-hybridized carbons (Fsp3) is 0.226. The van der Waals surface area contributed by atoms with E-state index in [0.717, 1.165) is 40.7 Å². The molecule has 5 rings (SSSR count). The molecule has 0 aliphatic rings. The first-order chi connectivity index (χ1) is 19.0. The Morgan fingerprint density at radius 1 is 0.846 bits per heavy atom. The van der Waals surface area contributed by atoms with Crippen LogP contribution in [0.25, 0.3) is 33.5 Å². The third-order valence-corrected chi connectivity index (χ3v) is 7.36. The molecular formula is C31H29N3O4S. The molecule has 2 heterocycles. The molecule has 7 nitrogen and oxygen atoms in total. The summed E-state index contributed by atoms with van der Waals surface area (Å²) in [6.07, 6.45) is 1.15. The summed E-state index contributed by atoms with van der Waals surface area (Å²) in [6.45, 7) is 4.32. The minimum atomic E-state index is -0.773. The van der Waals surface area contributed by atoms with Crippen molar-refractivity contribution in [1.29, 1.82) is 0 Å². The molecule has 5 aromatic rings. The summed E-state index contributed by atoms with van der Waals surface area (Å²) in [5.74, 6) is 0.832. The lowest BCUT2D eigenvalue weighted by Gasteiger charge is -2.13. The van der Waals surface area contributed by atoms with Crippen molar-refractivity contribution >= 4 is 22.7 Å². The Bertz CT molecular complexity index is 1620. The minimum Gasteiger partial charge on any atom is -0.491 e. The number of nitrogens with zero attached hydrogens (tertiary/aromatic N) is 3. The molecule has 0 aliphatic heterocycles. The van der Waals surface area contributed by atoms with Gasteiger partial charge in [0, 0.05) is 34.4 Å². The van der Waals surface area contributed by atoms with E-state index in [1.807, 2.05) is 0 Å². The highest BCUT2D eigenvalue weighted by Crippen LogP contribution is 2.31. The average molecular weight is 540 g/mol. The molecule has 1 atom stereocenters. The summed E-state index contributed by atoms with van der Waals surface area (Å²) < 4.78 is 10.9. The van der Waals surface area contributed by atoms with Crippen molar-refractivity contribution < 1.29 is 14.3 Å². The summed E-state index contributed by atoms with van der Waals surface area (Å²) in [7, 11) is 0. The Hall–Kier alpha value is -4.01. The van der Waals surface area contributed by atoms with E-state index in [1.54, 1.807) is 24.3 Å². The SMILES string of the molecule is CCc1ccc(-c2nnc(SCC(O)COc3ccc4ccc(=O)oc4c3)nc2-c2ccc(CC)cc2)cc1. The number of rotatable bonds is 10. The summed E-state index contributed by atoms with van der Waals surface area (Å²) >= 11 is 1.32. The Morgan fingerprint density at radius 3 is 2.15 bits per heavy atom. The number of aromatic nitrogens is 3. The molecule has 0 saturated carbocycles. The van der Waals surface area contributed by atoms with Crippen LogP contribution in [-0.4, -0.2) is 38.8 Å². The number of benzene rings is 3. The molecule has 2 aromatic heterocycles. The fourth-order valence-electron chi connectivity index (χ4n) is 4.11. The van der Waals surface area contributed by atoms with E-state index >= 15 is 0 Å². The third-order valence-electron chi connectivity index (χ3n) is 6.38. The second-order valence-corrected chi connectivity index (χ2v) is 10.1. The molecule has 0 aliphatic carbocycles. The lowest BCUT2D eigenvalue weighted by molar-refractivity contribution is 0.126. The molecule has 0 radical (unpaired) electrons. The van der Waals surface area contributed by atoms with Crippen LogP contribution in [-0.2, 0) is 12.8 Å². The van der Waals surface area contributed by atoms with E-state index < -0.39 is 11.7 Å². The minimum absolute atomic E-state index is 0.0657. The monoisotopic (exact) mass is 539 g/mol. The van der Waals surface area contributed by atoms with Crippen molar-refractivity contribution in [1.82, 2.24) is 15.2 Å². The molecule has 0 saturated heterocycles. The summed E-state index contributed by atoms with van der Waals surface area (Å²) in [5, 5.41) is 20.7. The number of aliphatic hydroxyl groups is 1. The van der Waals surface area contributed by atoms with E-state index in [-0.39, 0.29) is 6.61 Å². The van der Waals surface area contributed by atoms with Crippen LogP contribution in [0.2, 0.25) is 0 Å². The lowest BCUT2D eigenvalue weighted by Crippen LogP contribution is -2.20. The quantitative estimate of drug-likeness (QED) is 0.171. The van der Waals surface area contributed by atoms with Crippen LogP contribution in [0.1, 0.15) is 25.0 Å². The fourth-order valence-corrected chi connectivity index (χ4v) is 4.80. The topological polar surface area (TPSA) is 98.3 Å². The standard InChI is InChI=1S/C31H29N3O4S/c1-3-20-5-9-23(10-6-20)29-30(24-11-7-21(4-2)8-12-24)33-34-31(32-29)39-19-25(35)18-37-26-15-13-22-14-16-28(36)38-27(22)17-26/h5-17,25,35H,3-4,18-19H2,1-2H3. The van der Waals surface area contributed by atoms with Gasteiger partial charge >= 0.3 is 5.63 Å². The molecule has 1 N–H and O–H groups in total.